The van der Waals surface area contributed by atoms with Gasteiger partial charge in [-0.05, 0) is 66.3 Å². The molecule has 0 spiro atoms. The number of nitrogens with zero attached hydrogens (tertiary/aromatic N) is 5. The van der Waals surface area contributed by atoms with Crippen molar-refractivity contribution < 1.29 is 46.2 Å². The summed E-state index contributed by atoms with van der Waals surface area (Å²) in [4.78, 5) is 69.8. The number of hydrogen-bond donors (Lipinski definition) is 3. The van der Waals surface area contributed by atoms with Gasteiger partial charge in [0, 0.05) is 56.0 Å². The fourth-order valence-corrected chi connectivity index (χ4v) is 8.48. The predicted molar refractivity (Wildman–Crippen MR) is 226 cm³/mol. The Bertz CT molecular complexity index is 2350. The molecule has 1 aliphatic carbocycles. The monoisotopic (exact) mass is 876 g/mol. The number of alkyl carbamates (subject to hydrolysis) is 1. The van der Waals surface area contributed by atoms with Crippen molar-refractivity contribution in [2.75, 3.05) is 43.5 Å². The molecule has 2 aliphatic heterocycles. The number of anilines is 2. The SMILES string of the molecule is COC(=O)N[C@H](C(=O)N1C[C@@H](C)C[C@H]1c1ncc(-c2ccc(-c3cc(F)c(NC(=O)c4ccc(N5CCN(C(=O)[C@H]6CC6(C)C)C[C@H]5C)nc4)cc3OC(F)(F)F)cc2)[nH]1)C(C)C. The fraction of sp³-hybridized carbons (Fsp3) is 0.467. The Labute approximate surface area is 362 Å². The number of H-pyrrole nitrogens is 1. The van der Waals surface area contributed by atoms with Crippen LogP contribution in [0, 0.1) is 29.0 Å². The highest BCUT2D eigenvalue weighted by molar-refractivity contribution is 6.04. The van der Waals surface area contributed by atoms with Gasteiger partial charge in [-0.2, -0.15) is 0 Å². The van der Waals surface area contributed by atoms with Crippen LogP contribution in [0.4, 0.5) is 33.9 Å². The number of aromatic nitrogens is 3. The van der Waals surface area contributed by atoms with Crippen molar-refractivity contribution >= 4 is 35.3 Å². The molecule has 1 saturated carbocycles. The maximum atomic E-state index is 15.7. The molecule has 3 aliphatic rings. The van der Waals surface area contributed by atoms with Crippen molar-refractivity contribution in [2.45, 2.75) is 78.9 Å². The summed E-state index contributed by atoms with van der Waals surface area (Å²) in [5, 5.41) is 4.98. The van der Waals surface area contributed by atoms with E-state index in [0.717, 1.165) is 18.6 Å². The van der Waals surface area contributed by atoms with Crippen molar-refractivity contribution in [1.29, 1.82) is 0 Å². The number of nitrogens with one attached hydrogen (secondary N) is 3. The maximum Gasteiger partial charge on any atom is 0.573 e. The Morgan fingerprint density at radius 2 is 1.65 bits per heavy atom. The molecule has 63 heavy (non-hydrogen) atoms. The Hall–Kier alpha value is -6.20. The minimum atomic E-state index is -5.14. The zero-order valence-corrected chi connectivity index (χ0v) is 36.2. The number of aromatic amines is 1. The van der Waals surface area contributed by atoms with Gasteiger partial charge in [-0.1, -0.05) is 58.9 Å². The number of benzene rings is 2. The maximum absolute atomic E-state index is 15.7. The first-order valence-corrected chi connectivity index (χ1v) is 21.0. The number of likely N-dealkylation sites (tertiary alicyclic amines) is 1. The highest BCUT2D eigenvalue weighted by atomic mass is 19.4. The lowest BCUT2D eigenvalue weighted by Gasteiger charge is -2.40. The van der Waals surface area contributed by atoms with Crippen LogP contribution in [0.25, 0.3) is 22.4 Å². The van der Waals surface area contributed by atoms with Crippen LogP contribution in [0.1, 0.15) is 76.6 Å². The van der Waals surface area contributed by atoms with Crippen LogP contribution in [-0.4, -0.2) is 100 Å². The molecule has 2 aromatic carbocycles. The molecule has 336 valence electrons. The fourth-order valence-electron chi connectivity index (χ4n) is 8.48. The number of carbonyl (C=O) groups excluding carboxylic acids is 4. The summed E-state index contributed by atoms with van der Waals surface area (Å²) in [5.41, 5.74) is 0.716. The molecule has 0 unspecified atom stereocenters. The van der Waals surface area contributed by atoms with Crippen molar-refractivity contribution in [3.8, 4) is 28.1 Å². The molecule has 3 fully saturated rings. The van der Waals surface area contributed by atoms with Crippen LogP contribution in [0.3, 0.4) is 0 Å². The number of alkyl halides is 3. The number of hydrogen-bond acceptors (Lipinski definition) is 9. The summed E-state index contributed by atoms with van der Waals surface area (Å²) in [5.74, 6) is -1.54. The number of halogens is 4. The first-order chi connectivity index (χ1) is 29.7. The minimum absolute atomic E-state index is 0.0332. The second kappa shape index (κ2) is 17.5. The lowest BCUT2D eigenvalue weighted by atomic mass is 10.0. The average Bonchev–Trinajstić information content (AvgIpc) is 3.52. The van der Waals surface area contributed by atoms with Crippen molar-refractivity contribution in [2.24, 2.45) is 23.2 Å². The molecular weight excluding hydrogens is 825 g/mol. The van der Waals surface area contributed by atoms with E-state index in [4.69, 9.17) is 4.74 Å². The van der Waals surface area contributed by atoms with E-state index in [1.54, 1.807) is 29.3 Å². The summed E-state index contributed by atoms with van der Waals surface area (Å²) in [7, 11) is 1.23. The predicted octanol–water partition coefficient (Wildman–Crippen LogP) is 7.80. The quantitative estimate of drug-likeness (QED) is 0.128. The third-order valence-corrected chi connectivity index (χ3v) is 12.2. The molecule has 4 amide bonds. The van der Waals surface area contributed by atoms with Crippen LogP contribution >= 0.6 is 0 Å². The number of carbonyl (C=O) groups is 4. The summed E-state index contributed by atoms with van der Waals surface area (Å²) >= 11 is 0. The number of piperazine rings is 1. The van der Waals surface area contributed by atoms with E-state index in [-0.39, 0.29) is 57.7 Å². The molecule has 4 aromatic rings. The third kappa shape index (κ3) is 9.89. The molecule has 4 heterocycles. The molecule has 2 aromatic heterocycles. The molecule has 0 bridgehead atoms. The number of amides is 4. The van der Waals surface area contributed by atoms with Crippen LogP contribution in [0.5, 0.6) is 5.75 Å². The van der Waals surface area contributed by atoms with Gasteiger partial charge in [0.05, 0.1) is 36.3 Å². The van der Waals surface area contributed by atoms with Gasteiger partial charge in [0.1, 0.15) is 29.3 Å². The zero-order chi connectivity index (χ0) is 45.5. The van der Waals surface area contributed by atoms with Gasteiger partial charge in [0.15, 0.2) is 0 Å². The molecule has 18 heteroatoms. The van der Waals surface area contributed by atoms with E-state index in [2.05, 4.69) is 44.2 Å². The minimum Gasteiger partial charge on any atom is -0.453 e. The zero-order valence-electron chi connectivity index (χ0n) is 36.2. The van der Waals surface area contributed by atoms with E-state index in [9.17, 15) is 32.3 Å². The first kappa shape index (κ1) is 44.8. The molecule has 0 radical (unpaired) electrons. The van der Waals surface area contributed by atoms with E-state index >= 15 is 4.39 Å². The van der Waals surface area contributed by atoms with Crippen LogP contribution in [0.15, 0.2) is 60.9 Å². The van der Waals surface area contributed by atoms with E-state index in [0.29, 0.717) is 55.5 Å². The van der Waals surface area contributed by atoms with Gasteiger partial charge in [-0.25, -0.2) is 19.2 Å². The molecule has 14 nitrogen and oxygen atoms in total. The average molecular weight is 877 g/mol. The number of rotatable bonds is 11. The lowest BCUT2D eigenvalue weighted by molar-refractivity contribution is -0.274. The van der Waals surface area contributed by atoms with Gasteiger partial charge in [0.2, 0.25) is 11.8 Å². The molecule has 5 atom stereocenters. The van der Waals surface area contributed by atoms with Crippen molar-refractivity contribution in [3.63, 3.8) is 0 Å². The van der Waals surface area contributed by atoms with E-state index in [1.807, 2.05) is 37.5 Å². The second-order valence-electron chi connectivity index (χ2n) is 17.8. The largest absolute Gasteiger partial charge is 0.573 e. The van der Waals surface area contributed by atoms with Gasteiger partial charge < -0.3 is 39.8 Å². The van der Waals surface area contributed by atoms with E-state index < -0.39 is 47.7 Å². The topological polar surface area (TPSA) is 162 Å². The normalized spacial score (nSPS) is 21.2. The molecule has 3 N–H and O–H groups in total. The second-order valence-corrected chi connectivity index (χ2v) is 17.8. The first-order valence-electron chi connectivity index (χ1n) is 21.0. The van der Waals surface area contributed by atoms with Gasteiger partial charge >= 0.3 is 12.5 Å². The lowest BCUT2D eigenvalue weighted by Crippen LogP contribution is -2.54. The van der Waals surface area contributed by atoms with Gasteiger partial charge in [-0.15, -0.1) is 13.2 Å². The van der Waals surface area contributed by atoms with Crippen LogP contribution in [-0.2, 0) is 14.3 Å². The summed E-state index contributed by atoms with van der Waals surface area (Å²) in [6.45, 7) is 13.9. The molecular formula is C45H52F4N8O6. The van der Waals surface area contributed by atoms with Crippen molar-refractivity contribution in [3.05, 3.63) is 78.1 Å². The van der Waals surface area contributed by atoms with E-state index in [1.165, 1.54) is 31.5 Å². The van der Waals surface area contributed by atoms with Crippen LogP contribution < -0.4 is 20.3 Å². The summed E-state index contributed by atoms with van der Waals surface area (Å²) in [6, 6.07) is 9.78. The summed E-state index contributed by atoms with van der Waals surface area (Å²) < 4.78 is 65.9. The summed E-state index contributed by atoms with van der Waals surface area (Å²) in [6.07, 6.45) is -1.45. The Kier molecular flexibility index (Phi) is 12.5. The highest BCUT2D eigenvalue weighted by Gasteiger charge is 2.52. The van der Waals surface area contributed by atoms with Crippen LogP contribution in [0.2, 0.25) is 0 Å². The Morgan fingerprint density at radius 1 is 0.952 bits per heavy atom. The molecule has 7 rings (SSSR count). The third-order valence-electron chi connectivity index (χ3n) is 12.2. The highest BCUT2D eigenvalue weighted by Crippen LogP contribution is 2.52. The number of ether oxygens (including phenoxy) is 2. The number of methoxy groups -OCH3 is 1. The Balaban J connectivity index is 1.04. The molecule has 2 saturated heterocycles. The standard InChI is InChI=1S/C45H52F4N8O6/c1-24(2)38(54-43(61)62-7)42(60)57-22-25(3)16-35(57)39-51-21-34(52-39)28-10-8-27(9-11-28)30-17-32(46)33(18-36(30)63-45(47,48)49)53-40(58)29-12-13-37(50-20-29)56-15-14-55(23-26(56)4)41(59)31-19-44(31,5)6/h8-13,17-18,20-21,24-26,31,35,38H,14-16,19,22-23H2,1-7H3,(H,51,52)(H,53,58)(H,54,61)/t25-,26+,31+,35-,38-/m0/s1. The smallest absolute Gasteiger partial charge is 0.453 e. The van der Waals surface area contributed by atoms with Crippen molar-refractivity contribution in [1.82, 2.24) is 30.1 Å². The Morgan fingerprint density at radius 3 is 2.25 bits per heavy atom. The number of imidazole rings is 1. The van der Waals surface area contributed by atoms with Gasteiger partial charge in [-0.3, -0.25) is 14.4 Å². The number of pyridine rings is 1. The van der Waals surface area contributed by atoms with Gasteiger partial charge in [0.25, 0.3) is 5.91 Å².